The van der Waals surface area contributed by atoms with E-state index in [2.05, 4.69) is 4.99 Å². The van der Waals surface area contributed by atoms with Crippen LogP contribution in [-0.2, 0) is 10.0 Å². The van der Waals surface area contributed by atoms with E-state index in [4.69, 9.17) is 5.73 Å². The molecule has 0 bridgehead atoms. The van der Waals surface area contributed by atoms with Crippen LogP contribution in [0.3, 0.4) is 0 Å². The quantitative estimate of drug-likeness (QED) is 0.627. The highest BCUT2D eigenvalue weighted by Gasteiger charge is 2.21. The molecule has 9 heteroatoms. The molecule has 118 valence electrons. The van der Waals surface area contributed by atoms with Gasteiger partial charge in [0.1, 0.15) is 4.21 Å². The molecule has 0 atom stereocenters. The third kappa shape index (κ3) is 4.35. The predicted molar refractivity (Wildman–Crippen MR) is 89.5 cm³/mol. The second kappa shape index (κ2) is 7.48. The number of thioether (sulfide) groups is 1. The Balaban J connectivity index is 1.87. The largest absolute Gasteiger partial charge is 0.370 e. The van der Waals surface area contributed by atoms with E-state index < -0.39 is 10.0 Å². The van der Waals surface area contributed by atoms with Crippen molar-refractivity contribution in [2.75, 3.05) is 44.7 Å². The summed E-state index contributed by atoms with van der Waals surface area (Å²) < 4.78 is 26.1. The van der Waals surface area contributed by atoms with Gasteiger partial charge in [-0.05, 0) is 11.4 Å². The van der Waals surface area contributed by atoms with E-state index in [1.54, 1.807) is 24.6 Å². The van der Waals surface area contributed by atoms with Gasteiger partial charge in [-0.2, -0.15) is 16.1 Å². The van der Waals surface area contributed by atoms with Crippen molar-refractivity contribution in [1.82, 2.24) is 9.21 Å². The number of thiophene rings is 1. The lowest BCUT2D eigenvalue weighted by Gasteiger charge is -2.27. The van der Waals surface area contributed by atoms with Crippen LogP contribution in [0.1, 0.15) is 0 Å². The maximum absolute atomic E-state index is 12.2. The van der Waals surface area contributed by atoms with E-state index in [1.807, 2.05) is 16.7 Å². The molecule has 0 saturated carbocycles. The van der Waals surface area contributed by atoms with Crippen LogP contribution in [0.15, 0.2) is 26.7 Å². The van der Waals surface area contributed by atoms with Gasteiger partial charge >= 0.3 is 0 Å². The molecule has 2 heterocycles. The summed E-state index contributed by atoms with van der Waals surface area (Å²) in [6.45, 7) is 2.51. The summed E-state index contributed by atoms with van der Waals surface area (Å²) in [7, 11) is -1.83. The molecule has 0 radical (unpaired) electrons. The minimum atomic E-state index is -3.39. The van der Waals surface area contributed by atoms with Crippen LogP contribution in [-0.4, -0.2) is 68.3 Å². The van der Waals surface area contributed by atoms with Crippen molar-refractivity contribution in [2.45, 2.75) is 4.21 Å². The molecule has 1 aliphatic rings. The van der Waals surface area contributed by atoms with E-state index in [0.29, 0.717) is 23.3 Å². The monoisotopic (exact) mass is 348 g/mol. The normalized spacial score (nSPS) is 17.4. The van der Waals surface area contributed by atoms with Crippen LogP contribution in [0, 0.1) is 0 Å². The number of likely N-dealkylation sites (N-methyl/N-ethyl adjacent to an activating group) is 1. The Morgan fingerprint density at radius 3 is 2.81 bits per heavy atom. The Bertz CT molecular complexity index is 565. The number of nitrogens with zero attached hydrogens (tertiary/aromatic N) is 3. The molecule has 0 unspecified atom stereocenters. The first kappa shape index (κ1) is 16.6. The Morgan fingerprint density at radius 1 is 1.48 bits per heavy atom. The predicted octanol–water partition coefficient (Wildman–Crippen LogP) is 0.732. The first-order chi connectivity index (χ1) is 10.0. The molecule has 0 amide bonds. The smallest absolute Gasteiger partial charge is 0.252 e. The summed E-state index contributed by atoms with van der Waals surface area (Å²) in [5.74, 6) is 2.63. The highest BCUT2D eigenvalue weighted by Crippen LogP contribution is 2.19. The standard InChI is InChI=1S/C12H20N4O2S3/c1-15(21(17,18)11-3-2-8-20-11)5-4-14-12(13)16-6-9-19-10-7-16/h2-3,8H,4-7,9-10H2,1H3,(H2,13,14). The van der Waals surface area contributed by atoms with Gasteiger partial charge in [0, 0.05) is 38.2 Å². The molecule has 6 nitrogen and oxygen atoms in total. The fraction of sp³-hybridized carbons (Fsp3) is 0.583. The van der Waals surface area contributed by atoms with Gasteiger partial charge in [-0.15, -0.1) is 11.3 Å². The van der Waals surface area contributed by atoms with Crippen molar-refractivity contribution in [3.63, 3.8) is 0 Å². The summed E-state index contributed by atoms with van der Waals surface area (Å²) in [6.07, 6.45) is 0. The molecule has 0 spiro atoms. The van der Waals surface area contributed by atoms with Gasteiger partial charge in [0.2, 0.25) is 0 Å². The van der Waals surface area contributed by atoms with Gasteiger partial charge in [0.05, 0.1) is 6.54 Å². The van der Waals surface area contributed by atoms with Gasteiger partial charge < -0.3 is 10.6 Å². The summed E-state index contributed by atoms with van der Waals surface area (Å²) >= 11 is 3.13. The Morgan fingerprint density at radius 2 is 2.19 bits per heavy atom. The summed E-state index contributed by atoms with van der Waals surface area (Å²) in [5, 5.41) is 1.76. The number of rotatable bonds is 5. The van der Waals surface area contributed by atoms with Gasteiger partial charge in [0.25, 0.3) is 10.0 Å². The van der Waals surface area contributed by atoms with Crippen molar-refractivity contribution >= 4 is 39.1 Å². The molecule has 2 rings (SSSR count). The van der Waals surface area contributed by atoms with Crippen LogP contribution < -0.4 is 5.73 Å². The van der Waals surface area contributed by atoms with Gasteiger partial charge in [-0.25, -0.2) is 8.42 Å². The van der Waals surface area contributed by atoms with Crippen molar-refractivity contribution in [1.29, 1.82) is 0 Å². The molecule has 1 saturated heterocycles. The second-order valence-electron chi connectivity index (χ2n) is 4.60. The van der Waals surface area contributed by atoms with Gasteiger partial charge in [-0.3, -0.25) is 4.99 Å². The number of guanidine groups is 1. The molecule has 1 aromatic heterocycles. The zero-order chi connectivity index (χ0) is 15.3. The van der Waals surface area contributed by atoms with E-state index in [-0.39, 0.29) is 0 Å². The highest BCUT2D eigenvalue weighted by atomic mass is 32.2. The summed E-state index contributed by atoms with van der Waals surface area (Å²) in [4.78, 5) is 6.34. The first-order valence-corrected chi connectivity index (χ1v) is 10.1. The highest BCUT2D eigenvalue weighted by molar-refractivity contribution is 7.99. The Kier molecular flexibility index (Phi) is 5.91. The molecule has 1 aromatic rings. The number of nitrogens with two attached hydrogens (primary N) is 1. The van der Waals surface area contributed by atoms with Crippen molar-refractivity contribution in [2.24, 2.45) is 10.7 Å². The van der Waals surface area contributed by atoms with Crippen molar-refractivity contribution in [3.8, 4) is 0 Å². The molecule has 2 N–H and O–H groups in total. The molecular formula is C12H20N4O2S3. The average molecular weight is 349 g/mol. The minimum Gasteiger partial charge on any atom is -0.370 e. The number of aliphatic imine (C=N–C) groups is 1. The summed E-state index contributed by atoms with van der Waals surface area (Å²) in [5.41, 5.74) is 5.94. The van der Waals surface area contributed by atoms with Crippen LogP contribution in [0.2, 0.25) is 0 Å². The fourth-order valence-electron chi connectivity index (χ4n) is 1.88. The lowest BCUT2D eigenvalue weighted by Crippen LogP contribution is -2.43. The molecule has 0 aliphatic carbocycles. The maximum Gasteiger partial charge on any atom is 0.252 e. The lowest BCUT2D eigenvalue weighted by molar-refractivity contribution is 0.450. The van der Waals surface area contributed by atoms with Crippen LogP contribution in [0.25, 0.3) is 0 Å². The van der Waals surface area contributed by atoms with Crippen molar-refractivity contribution in [3.05, 3.63) is 17.5 Å². The number of sulfonamides is 1. The molecule has 1 aliphatic heterocycles. The number of hydrogen-bond donors (Lipinski definition) is 1. The second-order valence-corrected chi connectivity index (χ2v) is 9.04. The maximum atomic E-state index is 12.2. The number of hydrogen-bond acceptors (Lipinski definition) is 5. The van der Waals surface area contributed by atoms with Crippen LogP contribution in [0.4, 0.5) is 0 Å². The minimum absolute atomic E-state index is 0.323. The van der Waals surface area contributed by atoms with E-state index in [1.165, 1.54) is 15.6 Å². The van der Waals surface area contributed by atoms with Crippen molar-refractivity contribution < 1.29 is 8.42 Å². The molecule has 0 aromatic carbocycles. The zero-order valence-corrected chi connectivity index (χ0v) is 14.4. The molecular weight excluding hydrogens is 328 g/mol. The average Bonchev–Trinajstić information content (AvgIpc) is 3.02. The van der Waals surface area contributed by atoms with E-state index >= 15 is 0 Å². The van der Waals surface area contributed by atoms with Crippen LogP contribution >= 0.6 is 23.1 Å². The topological polar surface area (TPSA) is 79.0 Å². The lowest BCUT2D eigenvalue weighted by atomic mass is 10.5. The first-order valence-electron chi connectivity index (χ1n) is 6.64. The molecule has 21 heavy (non-hydrogen) atoms. The summed E-state index contributed by atoms with van der Waals surface area (Å²) in [6, 6.07) is 3.34. The third-order valence-corrected chi connectivity index (χ3v) is 7.36. The Hall–Kier alpha value is -0.770. The van der Waals surface area contributed by atoms with Gasteiger partial charge in [0.15, 0.2) is 5.96 Å². The van der Waals surface area contributed by atoms with Gasteiger partial charge in [-0.1, -0.05) is 6.07 Å². The van der Waals surface area contributed by atoms with E-state index in [9.17, 15) is 8.42 Å². The fourth-order valence-corrected chi connectivity index (χ4v) is 5.15. The zero-order valence-electron chi connectivity index (χ0n) is 11.9. The SMILES string of the molecule is CN(CCN=C(N)N1CCSCC1)S(=O)(=O)c1cccs1. The Labute approximate surface area is 134 Å². The molecule has 1 fully saturated rings. The van der Waals surface area contributed by atoms with E-state index in [0.717, 1.165) is 24.6 Å². The third-order valence-electron chi connectivity index (χ3n) is 3.18. The van der Waals surface area contributed by atoms with Crippen LogP contribution in [0.5, 0.6) is 0 Å².